The zero-order valence-corrected chi connectivity index (χ0v) is 4.56. The van der Waals surface area contributed by atoms with Crippen LogP contribution in [0.4, 0.5) is 0 Å². The van der Waals surface area contributed by atoms with Gasteiger partial charge in [0.1, 0.15) is 0 Å². The molecule has 4 nitrogen and oxygen atoms in total. The van der Waals surface area contributed by atoms with E-state index in [4.69, 9.17) is 5.73 Å². The highest BCUT2D eigenvalue weighted by atomic mass is 31.1. The molecule has 0 spiro atoms. The van der Waals surface area contributed by atoms with E-state index in [9.17, 15) is 9.13 Å². The van der Waals surface area contributed by atoms with Crippen LogP contribution in [0, 0.1) is 0 Å². The van der Waals surface area contributed by atoms with E-state index in [1.807, 2.05) is 0 Å². The predicted molar refractivity (Wildman–Crippen MR) is 23.3 cm³/mol. The van der Waals surface area contributed by atoms with Gasteiger partial charge in [-0.05, 0) is 0 Å². The Bertz CT molecular complexity index is 91.1. The molecule has 0 bridgehead atoms. The summed E-state index contributed by atoms with van der Waals surface area (Å²) in [5.74, 6) is 0. The summed E-state index contributed by atoms with van der Waals surface area (Å²) in [7, 11) is -2.69. The van der Waals surface area contributed by atoms with Gasteiger partial charge in [-0.15, -0.1) is 0 Å². The summed E-state index contributed by atoms with van der Waals surface area (Å²) in [6.07, 6.45) is 0. The van der Waals surface area contributed by atoms with Crippen molar-refractivity contribution in [2.24, 2.45) is 5.73 Å². The number of hydrogen-bond donors (Lipinski definition) is 1. The molecule has 5 heteroatoms. The standard InChI is InChI=1S/C2H6NO3P/c3-1-2-6-7(4)5/h1-3H2. The summed E-state index contributed by atoms with van der Waals surface area (Å²) >= 11 is 0. The Balaban J connectivity index is 2.98. The Hall–Kier alpha value is -0.180. The second-order valence-electron chi connectivity index (χ2n) is 0.846. The lowest BCUT2D eigenvalue weighted by Crippen LogP contribution is -2.03. The summed E-state index contributed by atoms with van der Waals surface area (Å²) in [6, 6.07) is 0. The van der Waals surface area contributed by atoms with Crippen molar-refractivity contribution in [3.05, 3.63) is 0 Å². The van der Waals surface area contributed by atoms with Crippen molar-refractivity contribution in [3.63, 3.8) is 0 Å². The van der Waals surface area contributed by atoms with Crippen molar-refractivity contribution >= 4 is 7.91 Å². The lowest BCUT2D eigenvalue weighted by Gasteiger charge is -1.82. The first-order valence-corrected chi connectivity index (χ1v) is 2.84. The Kier molecular flexibility index (Phi) is 3.89. The average molecular weight is 123 g/mol. The molecular weight excluding hydrogens is 117 g/mol. The Morgan fingerprint density at radius 1 is 1.57 bits per heavy atom. The van der Waals surface area contributed by atoms with Crippen LogP contribution in [-0.2, 0) is 13.7 Å². The van der Waals surface area contributed by atoms with Gasteiger partial charge in [0.15, 0.2) is 0 Å². The van der Waals surface area contributed by atoms with Crippen LogP contribution in [0.2, 0.25) is 0 Å². The molecule has 0 aromatic carbocycles. The van der Waals surface area contributed by atoms with Crippen molar-refractivity contribution < 1.29 is 13.7 Å². The fraction of sp³-hybridized carbons (Fsp3) is 1.00. The summed E-state index contributed by atoms with van der Waals surface area (Å²) in [4.78, 5) is 0. The van der Waals surface area contributed by atoms with E-state index >= 15 is 0 Å². The molecule has 0 aromatic heterocycles. The molecule has 0 amide bonds. The van der Waals surface area contributed by atoms with Gasteiger partial charge in [-0.2, -0.15) is 0 Å². The van der Waals surface area contributed by atoms with Crippen molar-refractivity contribution in [3.8, 4) is 0 Å². The first-order chi connectivity index (χ1) is 3.27. The normalized spacial score (nSPS) is 8.71. The summed E-state index contributed by atoms with van der Waals surface area (Å²) in [5.41, 5.74) is 4.88. The third kappa shape index (κ3) is 5.82. The topological polar surface area (TPSA) is 69.4 Å². The van der Waals surface area contributed by atoms with Crippen LogP contribution in [0.5, 0.6) is 0 Å². The third-order valence-electron chi connectivity index (χ3n) is 0.315. The molecule has 0 aliphatic carbocycles. The molecule has 0 saturated heterocycles. The fourth-order valence-corrected chi connectivity index (χ4v) is 0.382. The van der Waals surface area contributed by atoms with Crippen LogP contribution in [0.15, 0.2) is 0 Å². The zero-order chi connectivity index (χ0) is 5.70. The first kappa shape index (κ1) is 6.82. The summed E-state index contributed by atoms with van der Waals surface area (Å²) < 4.78 is 23.1. The van der Waals surface area contributed by atoms with Crippen LogP contribution in [-0.4, -0.2) is 13.2 Å². The quantitative estimate of drug-likeness (QED) is 0.538. The molecular formula is C2H6NO3P. The smallest absolute Gasteiger partial charge is 0.328 e. The minimum atomic E-state index is -2.69. The van der Waals surface area contributed by atoms with Crippen molar-refractivity contribution in [2.75, 3.05) is 13.2 Å². The fourth-order valence-electron chi connectivity index (χ4n) is 0.127. The zero-order valence-electron chi connectivity index (χ0n) is 3.66. The maximum atomic E-state index is 9.52. The van der Waals surface area contributed by atoms with E-state index < -0.39 is 7.91 Å². The molecule has 0 saturated carbocycles. The largest absolute Gasteiger partial charge is 0.468 e. The van der Waals surface area contributed by atoms with Gasteiger partial charge in [0, 0.05) is 6.54 Å². The molecule has 0 heterocycles. The maximum Gasteiger partial charge on any atom is 0.468 e. The lowest BCUT2D eigenvalue weighted by atomic mass is 10.8. The second kappa shape index (κ2) is 3.99. The minimum absolute atomic E-state index is 0.0820. The first-order valence-electron chi connectivity index (χ1n) is 1.74. The molecule has 7 heavy (non-hydrogen) atoms. The van der Waals surface area contributed by atoms with E-state index in [0.717, 1.165) is 0 Å². The molecule has 0 aromatic rings. The van der Waals surface area contributed by atoms with Crippen molar-refractivity contribution in [2.45, 2.75) is 0 Å². The monoisotopic (exact) mass is 123 g/mol. The molecule has 0 atom stereocenters. The molecule has 0 aliphatic rings. The van der Waals surface area contributed by atoms with Crippen LogP contribution in [0.1, 0.15) is 0 Å². The van der Waals surface area contributed by atoms with Gasteiger partial charge >= 0.3 is 7.91 Å². The molecule has 0 rings (SSSR count). The molecule has 0 radical (unpaired) electrons. The average Bonchev–Trinajstić information content (AvgIpc) is 1.61. The summed E-state index contributed by atoms with van der Waals surface area (Å²) in [6.45, 7) is 0.321. The van der Waals surface area contributed by atoms with E-state index in [1.54, 1.807) is 0 Å². The molecule has 0 aliphatic heterocycles. The lowest BCUT2D eigenvalue weighted by molar-refractivity contribution is 0.313. The highest BCUT2D eigenvalue weighted by molar-refractivity contribution is 7.24. The van der Waals surface area contributed by atoms with Gasteiger partial charge in [0.05, 0.1) is 6.61 Å². The van der Waals surface area contributed by atoms with Gasteiger partial charge in [0.25, 0.3) is 0 Å². The van der Waals surface area contributed by atoms with Gasteiger partial charge in [-0.3, -0.25) is 4.52 Å². The highest BCUT2D eigenvalue weighted by Crippen LogP contribution is 2.01. The van der Waals surface area contributed by atoms with Crippen molar-refractivity contribution in [1.29, 1.82) is 0 Å². The number of hydrogen-bond acceptors (Lipinski definition) is 4. The van der Waals surface area contributed by atoms with Crippen LogP contribution in [0.3, 0.4) is 0 Å². The number of nitrogens with two attached hydrogens (primary N) is 1. The van der Waals surface area contributed by atoms with Gasteiger partial charge in [-0.1, -0.05) is 0 Å². The Morgan fingerprint density at radius 3 is 2.29 bits per heavy atom. The number of rotatable bonds is 3. The van der Waals surface area contributed by atoms with Crippen LogP contribution >= 0.6 is 7.91 Å². The van der Waals surface area contributed by atoms with E-state index in [-0.39, 0.29) is 13.2 Å². The predicted octanol–water partition coefficient (Wildman–Crippen LogP) is 0.0496. The molecule has 0 fully saturated rings. The molecule has 0 unspecified atom stereocenters. The van der Waals surface area contributed by atoms with Gasteiger partial charge in [-0.25, -0.2) is 9.13 Å². The maximum absolute atomic E-state index is 9.52. The Labute approximate surface area is 41.6 Å². The molecule has 2 N–H and O–H groups in total. The van der Waals surface area contributed by atoms with Gasteiger partial charge in [0.2, 0.25) is 0 Å². The van der Waals surface area contributed by atoms with Crippen LogP contribution in [0.25, 0.3) is 0 Å². The Morgan fingerprint density at radius 2 is 2.14 bits per heavy atom. The second-order valence-corrected chi connectivity index (χ2v) is 1.55. The third-order valence-corrected chi connectivity index (χ3v) is 0.708. The molecule has 42 valence electrons. The van der Waals surface area contributed by atoms with Crippen LogP contribution < -0.4 is 5.73 Å². The van der Waals surface area contributed by atoms with E-state index in [2.05, 4.69) is 4.52 Å². The summed E-state index contributed by atoms with van der Waals surface area (Å²) in [5, 5.41) is 0. The SMILES string of the molecule is NCCOP(=O)=O. The van der Waals surface area contributed by atoms with Crippen molar-refractivity contribution in [1.82, 2.24) is 0 Å². The van der Waals surface area contributed by atoms with Gasteiger partial charge < -0.3 is 5.73 Å². The highest BCUT2D eigenvalue weighted by Gasteiger charge is 1.84. The van der Waals surface area contributed by atoms with E-state index in [0.29, 0.717) is 0 Å². The minimum Gasteiger partial charge on any atom is -0.328 e. The van der Waals surface area contributed by atoms with E-state index in [1.165, 1.54) is 0 Å².